The maximum Gasteiger partial charge on any atom is 0.317 e. The second-order valence-corrected chi connectivity index (χ2v) is 7.98. The Morgan fingerprint density at radius 1 is 1.39 bits per heavy atom. The number of rotatable bonds is 2. The third-order valence-electron chi connectivity index (χ3n) is 5.10. The zero-order valence-corrected chi connectivity index (χ0v) is 14.1. The fourth-order valence-electron chi connectivity index (χ4n) is 3.96. The number of aromatic nitrogens is 2. The van der Waals surface area contributed by atoms with Gasteiger partial charge in [0.2, 0.25) is 0 Å². The number of piperidine rings is 1. The molecule has 1 saturated heterocycles. The van der Waals surface area contributed by atoms with E-state index in [0.29, 0.717) is 6.54 Å². The van der Waals surface area contributed by atoms with E-state index in [2.05, 4.69) is 4.98 Å². The fraction of sp³-hybridized carbons (Fsp3) is 0.706. The topological polar surface area (TPSA) is 86.3 Å². The van der Waals surface area contributed by atoms with Gasteiger partial charge in [-0.3, -0.25) is 14.5 Å². The van der Waals surface area contributed by atoms with Gasteiger partial charge in [-0.15, -0.1) is 0 Å². The Labute approximate surface area is 135 Å². The molecule has 1 unspecified atom stereocenters. The van der Waals surface area contributed by atoms with Gasteiger partial charge in [-0.2, -0.15) is 0 Å². The predicted molar refractivity (Wildman–Crippen MR) is 86.9 cm³/mol. The molecule has 1 aliphatic carbocycles. The molecule has 2 aliphatic rings. The first-order chi connectivity index (χ1) is 10.7. The fourth-order valence-corrected chi connectivity index (χ4v) is 3.96. The lowest BCUT2D eigenvalue weighted by Gasteiger charge is -2.40. The molecule has 1 atom stereocenters. The first-order valence-corrected chi connectivity index (χ1v) is 8.30. The van der Waals surface area contributed by atoms with Crippen LogP contribution in [0.1, 0.15) is 57.1 Å². The minimum Gasteiger partial charge on any atom is -0.480 e. The van der Waals surface area contributed by atoms with Crippen molar-refractivity contribution >= 4 is 5.97 Å². The third-order valence-corrected chi connectivity index (χ3v) is 5.10. The van der Waals surface area contributed by atoms with Gasteiger partial charge in [-0.25, -0.2) is 4.98 Å². The highest BCUT2D eigenvalue weighted by Gasteiger charge is 2.45. The van der Waals surface area contributed by atoms with Crippen molar-refractivity contribution in [1.29, 1.82) is 0 Å². The number of carbonyl (C=O) groups is 1. The van der Waals surface area contributed by atoms with Crippen molar-refractivity contribution in [2.45, 2.75) is 57.3 Å². The summed E-state index contributed by atoms with van der Waals surface area (Å²) >= 11 is 0. The molecule has 0 amide bonds. The zero-order chi connectivity index (χ0) is 16.8. The van der Waals surface area contributed by atoms with Crippen molar-refractivity contribution in [2.24, 2.45) is 0 Å². The van der Waals surface area contributed by atoms with Gasteiger partial charge < -0.3 is 10.1 Å². The highest BCUT2D eigenvalue weighted by atomic mass is 16.4. The second-order valence-electron chi connectivity index (χ2n) is 7.98. The number of nitrogens with one attached hydrogen (secondary N) is 1. The van der Waals surface area contributed by atoms with Crippen LogP contribution in [0.4, 0.5) is 0 Å². The Balaban J connectivity index is 2.01. The molecule has 0 radical (unpaired) electrons. The zero-order valence-electron chi connectivity index (χ0n) is 14.1. The van der Waals surface area contributed by atoms with Crippen LogP contribution in [0.3, 0.4) is 0 Å². The van der Waals surface area contributed by atoms with Crippen LogP contribution in [-0.2, 0) is 22.0 Å². The van der Waals surface area contributed by atoms with Crippen LogP contribution in [0.2, 0.25) is 0 Å². The molecular weight excluding hydrogens is 294 g/mol. The second kappa shape index (κ2) is 5.44. The van der Waals surface area contributed by atoms with E-state index in [1.165, 1.54) is 0 Å². The van der Waals surface area contributed by atoms with Crippen LogP contribution in [0.5, 0.6) is 0 Å². The van der Waals surface area contributed by atoms with Crippen molar-refractivity contribution in [2.75, 3.05) is 19.6 Å². The Bertz CT molecular complexity index is 689. The van der Waals surface area contributed by atoms with E-state index in [-0.39, 0.29) is 22.9 Å². The van der Waals surface area contributed by atoms with Gasteiger partial charge in [0, 0.05) is 22.9 Å². The molecule has 3 rings (SSSR count). The van der Waals surface area contributed by atoms with Crippen LogP contribution in [0, 0.1) is 0 Å². The summed E-state index contributed by atoms with van der Waals surface area (Å²) in [5, 5.41) is 9.07. The summed E-state index contributed by atoms with van der Waals surface area (Å²) in [4.78, 5) is 33.3. The highest BCUT2D eigenvalue weighted by Crippen LogP contribution is 2.43. The molecule has 2 N–H and O–H groups in total. The Kier molecular flexibility index (Phi) is 3.83. The maximum absolute atomic E-state index is 12.5. The largest absolute Gasteiger partial charge is 0.480 e. The van der Waals surface area contributed by atoms with E-state index in [1.807, 2.05) is 25.7 Å². The van der Waals surface area contributed by atoms with Crippen LogP contribution >= 0.6 is 0 Å². The van der Waals surface area contributed by atoms with Crippen molar-refractivity contribution in [1.82, 2.24) is 14.9 Å². The van der Waals surface area contributed by atoms with E-state index >= 15 is 0 Å². The van der Waals surface area contributed by atoms with Gasteiger partial charge in [0.1, 0.15) is 5.82 Å². The van der Waals surface area contributed by atoms with Gasteiger partial charge in [0.25, 0.3) is 5.56 Å². The smallest absolute Gasteiger partial charge is 0.317 e. The molecule has 6 nitrogen and oxygen atoms in total. The van der Waals surface area contributed by atoms with Crippen LogP contribution < -0.4 is 5.56 Å². The number of nitrogens with zero attached hydrogens (tertiary/aromatic N) is 2. The Morgan fingerprint density at radius 2 is 2.13 bits per heavy atom. The van der Waals surface area contributed by atoms with Gasteiger partial charge in [-0.1, -0.05) is 20.8 Å². The molecule has 1 aliphatic heterocycles. The summed E-state index contributed by atoms with van der Waals surface area (Å²) in [7, 11) is 0. The monoisotopic (exact) mass is 319 g/mol. The first kappa shape index (κ1) is 16.2. The quantitative estimate of drug-likeness (QED) is 0.861. The summed E-state index contributed by atoms with van der Waals surface area (Å²) in [5.74, 6) is -0.0765. The number of hydrogen-bond donors (Lipinski definition) is 2. The first-order valence-electron chi connectivity index (χ1n) is 8.30. The van der Waals surface area contributed by atoms with Gasteiger partial charge in [0.05, 0.1) is 12.2 Å². The average molecular weight is 319 g/mol. The lowest BCUT2D eigenvalue weighted by molar-refractivity contribution is -0.138. The summed E-state index contributed by atoms with van der Waals surface area (Å²) in [5.41, 5.74) is 1.33. The minimum atomic E-state index is -0.797. The normalized spacial score (nSPS) is 24.8. The van der Waals surface area contributed by atoms with Crippen molar-refractivity contribution in [3.8, 4) is 0 Å². The average Bonchev–Trinajstić information content (AvgIpc) is 2.76. The van der Waals surface area contributed by atoms with E-state index in [0.717, 1.165) is 49.3 Å². The number of carboxylic acid groups (broad SMARTS) is 1. The number of aromatic amines is 1. The predicted octanol–water partition coefficient (Wildman–Crippen LogP) is 1.43. The molecule has 2 heterocycles. The summed E-state index contributed by atoms with van der Waals surface area (Å²) in [6.07, 6.45) is 3.56. The molecule has 1 fully saturated rings. The standard InChI is InChI=1S/C17H25N3O3/c1-16(2,3)15-18-13-11(14(23)19-15)5-7-17(13)6-4-8-20(10-17)9-12(21)22/h4-10H2,1-3H3,(H,21,22)(H,18,19,23). The van der Waals surface area contributed by atoms with E-state index in [9.17, 15) is 9.59 Å². The third kappa shape index (κ3) is 2.92. The summed E-state index contributed by atoms with van der Waals surface area (Å²) < 4.78 is 0. The number of carboxylic acids is 1. The van der Waals surface area contributed by atoms with Crippen molar-refractivity contribution in [3.63, 3.8) is 0 Å². The van der Waals surface area contributed by atoms with Gasteiger partial charge in [-0.05, 0) is 32.2 Å². The SMILES string of the molecule is CC(C)(C)c1nc2c(c(=O)[nH]1)CCC21CCCN(CC(=O)O)C1. The van der Waals surface area contributed by atoms with Gasteiger partial charge in [0.15, 0.2) is 0 Å². The molecule has 1 aromatic heterocycles. The molecule has 0 saturated carbocycles. The van der Waals surface area contributed by atoms with Crippen LogP contribution in [0.15, 0.2) is 4.79 Å². The lowest BCUT2D eigenvalue weighted by Crippen LogP contribution is -2.47. The highest BCUT2D eigenvalue weighted by molar-refractivity contribution is 5.69. The number of hydrogen-bond acceptors (Lipinski definition) is 4. The maximum atomic E-state index is 12.5. The van der Waals surface area contributed by atoms with Crippen molar-refractivity contribution in [3.05, 3.63) is 27.4 Å². The Hall–Kier alpha value is -1.69. The molecule has 1 aromatic rings. The number of H-pyrrole nitrogens is 1. The lowest BCUT2D eigenvalue weighted by atomic mass is 9.77. The van der Waals surface area contributed by atoms with Crippen LogP contribution in [0.25, 0.3) is 0 Å². The van der Waals surface area contributed by atoms with E-state index in [4.69, 9.17) is 10.1 Å². The molecule has 23 heavy (non-hydrogen) atoms. The van der Waals surface area contributed by atoms with E-state index in [1.54, 1.807) is 0 Å². The number of aliphatic carboxylic acids is 1. The molecule has 0 bridgehead atoms. The van der Waals surface area contributed by atoms with Crippen molar-refractivity contribution < 1.29 is 9.90 Å². The molecule has 126 valence electrons. The summed E-state index contributed by atoms with van der Waals surface area (Å²) in [6.45, 7) is 7.67. The van der Waals surface area contributed by atoms with Gasteiger partial charge >= 0.3 is 5.97 Å². The molecular formula is C17H25N3O3. The summed E-state index contributed by atoms with van der Waals surface area (Å²) in [6, 6.07) is 0. The number of fused-ring (bicyclic) bond motifs is 2. The van der Waals surface area contributed by atoms with E-state index < -0.39 is 5.97 Å². The number of likely N-dealkylation sites (tertiary alicyclic amines) is 1. The molecule has 0 aromatic carbocycles. The minimum absolute atomic E-state index is 0.0211. The molecule has 1 spiro atoms. The Morgan fingerprint density at radius 3 is 2.78 bits per heavy atom. The van der Waals surface area contributed by atoms with Crippen LogP contribution in [-0.4, -0.2) is 45.6 Å². The molecule has 6 heteroatoms.